The van der Waals surface area contributed by atoms with Crippen LogP contribution in [0.2, 0.25) is 0 Å². The van der Waals surface area contributed by atoms with Crippen molar-refractivity contribution in [2.24, 2.45) is 0 Å². The molecule has 0 unspecified atom stereocenters. The molecule has 5 heteroatoms. The number of nitrogens with zero attached hydrogens (tertiary/aromatic N) is 3. The summed E-state index contributed by atoms with van der Waals surface area (Å²) in [5.74, 6) is 1.60. The highest BCUT2D eigenvalue weighted by Gasteiger charge is 2.22. The maximum atomic E-state index is 5.31. The van der Waals surface area contributed by atoms with Crippen molar-refractivity contribution in [1.82, 2.24) is 20.4 Å². The molecule has 2 heterocycles. The molecule has 1 aromatic heterocycles. The molecule has 1 fully saturated rings. The molecule has 0 aromatic carbocycles. The maximum Gasteiger partial charge on any atom is 0.243 e. The summed E-state index contributed by atoms with van der Waals surface area (Å²) >= 11 is 0. The molecule has 1 N–H and O–H groups in total. The van der Waals surface area contributed by atoms with Crippen molar-refractivity contribution in [2.45, 2.75) is 39.2 Å². The molecule has 0 aliphatic carbocycles. The van der Waals surface area contributed by atoms with Crippen LogP contribution in [0.15, 0.2) is 4.52 Å². The summed E-state index contributed by atoms with van der Waals surface area (Å²) in [6, 6.07) is 0.282. The average molecular weight is 238 g/mol. The molecule has 5 nitrogen and oxygen atoms in total. The highest BCUT2D eigenvalue weighted by Crippen LogP contribution is 2.21. The summed E-state index contributed by atoms with van der Waals surface area (Å²) in [4.78, 5) is 6.83. The first-order valence-electron chi connectivity index (χ1n) is 6.61. The second kappa shape index (κ2) is 6.12. The lowest BCUT2D eigenvalue weighted by molar-refractivity contribution is 0.301. The fourth-order valence-electron chi connectivity index (χ4n) is 2.20. The van der Waals surface area contributed by atoms with Gasteiger partial charge in [0.15, 0.2) is 5.82 Å². The van der Waals surface area contributed by atoms with E-state index in [1.807, 2.05) is 0 Å². The Balaban J connectivity index is 1.85. The van der Waals surface area contributed by atoms with Crippen LogP contribution in [-0.4, -0.2) is 41.2 Å². The molecule has 0 radical (unpaired) electrons. The van der Waals surface area contributed by atoms with Crippen LogP contribution in [0.25, 0.3) is 0 Å². The maximum absolute atomic E-state index is 5.31. The van der Waals surface area contributed by atoms with Crippen molar-refractivity contribution >= 4 is 0 Å². The van der Waals surface area contributed by atoms with E-state index >= 15 is 0 Å². The molecule has 96 valence electrons. The monoisotopic (exact) mass is 238 g/mol. The fourth-order valence-corrected chi connectivity index (χ4v) is 2.20. The second-order valence-corrected chi connectivity index (χ2v) is 4.47. The molecule has 0 amide bonds. The van der Waals surface area contributed by atoms with Gasteiger partial charge in [-0.2, -0.15) is 4.98 Å². The van der Waals surface area contributed by atoms with Gasteiger partial charge in [0.25, 0.3) is 0 Å². The van der Waals surface area contributed by atoms with Crippen LogP contribution < -0.4 is 5.32 Å². The first-order valence-corrected chi connectivity index (χ1v) is 6.61. The predicted octanol–water partition coefficient (Wildman–Crippen LogP) is 1.38. The van der Waals surface area contributed by atoms with Gasteiger partial charge in [0.2, 0.25) is 5.89 Å². The number of hydrogen-bond acceptors (Lipinski definition) is 5. The molecule has 0 bridgehead atoms. The van der Waals surface area contributed by atoms with Crippen molar-refractivity contribution in [3.8, 4) is 0 Å². The first kappa shape index (κ1) is 12.5. The van der Waals surface area contributed by atoms with Crippen molar-refractivity contribution in [3.63, 3.8) is 0 Å². The van der Waals surface area contributed by atoms with Crippen molar-refractivity contribution in [3.05, 3.63) is 11.7 Å². The minimum atomic E-state index is 0.282. The zero-order valence-electron chi connectivity index (χ0n) is 10.8. The minimum Gasteiger partial charge on any atom is -0.338 e. The van der Waals surface area contributed by atoms with E-state index in [-0.39, 0.29) is 6.04 Å². The highest BCUT2D eigenvalue weighted by atomic mass is 16.5. The van der Waals surface area contributed by atoms with Crippen molar-refractivity contribution in [2.75, 3.05) is 26.2 Å². The third kappa shape index (κ3) is 3.26. The van der Waals surface area contributed by atoms with Gasteiger partial charge in [-0.25, -0.2) is 0 Å². The fraction of sp³-hybridized carbons (Fsp3) is 0.833. The minimum absolute atomic E-state index is 0.282. The van der Waals surface area contributed by atoms with E-state index in [1.54, 1.807) is 0 Å². The van der Waals surface area contributed by atoms with Gasteiger partial charge >= 0.3 is 0 Å². The number of hydrogen-bond donors (Lipinski definition) is 1. The van der Waals surface area contributed by atoms with Gasteiger partial charge in [-0.05, 0) is 32.5 Å². The number of aromatic nitrogens is 2. The molecule has 1 aromatic rings. The van der Waals surface area contributed by atoms with E-state index < -0.39 is 0 Å². The summed E-state index contributed by atoms with van der Waals surface area (Å²) in [5, 5.41) is 7.42. The number of likely N-dealkylation sites (N-methyl/N-ethyl adjacent to an activating group) is 1. The van der Waals surface area contributed by atoms with Crippen LogP contribution in [0.4, 0.5) is 0 Å². The van der Waals surface area contributed by atoms with Gasteiger partial charge in [-0.3, -0.25) is 0 Å². The second-order valence-electron chi connectivity index (χ2n) is 4.47. The van der Waals surface area contributed by atoms with Crippen LogP contribution in [0, 0.1) is 0 Å². The molecule has 1 atom stereocenters. The standard InChI is InChI=1S/C12H22N4O/c1-3-16(4-2)9-7-11-14-12(17-15-11)10-6-5-8-13-10/h10,13H,3-9H2,1-2H3/t10-/m0/s1. The summed E-state index contributed by atoms with van der Waals surface area (Å²) in [5.41, 5.74) is 0. The van der Waals surface area contributed by atoms with E-state index in [2.05, 4.69) is 34.2 Å². The third-order valence-electron chi connectivity index (χ3n) is 3.39. The van der Waals surface area contributed by atoms with Crippen LogP contribution in [-0.2, 0) is 6.42 Å². The summed E-state index contributed by atoms with van der Waals surface area (Å²) in [7, 11) is 0. The van der Waals surface area contributed by atoms with E-state index in [1.165, 1.54) is 6.42 Å². The molecule has 2 rings (SSSR count). The Hall–Kier alpha value is -0.940. The van der Waals surface area contributed by atoms with Crippen LogP contribution >= 0.6 is 0 Å². The Morgan fingerprint density at radius 1 is 1.41 bits per heavy atom. The Morgan fingerprint density at radius 2 is 2.24 bits per heavy atom. The lowest BCUT2D eigenvalue weighted by Gasteiger charge is -2.16. The summed E-state index contributed by atoms with van der Waals surface area (Å²) in [6.45, 7) is 8.56. The third-order valence-corrected chi connectivity index (χ3v) is 3.39. The Morgan fingerprint density at radius 3 is 2.88 bits per heavy atom. The lowest BCUT2D eigenvalue weighted by atomic mass is 10.2. The molecule has 17 heavy (non-hydrogen) atoms. The zero-order valence-corrected chi connectivity index (χ0v) is 10.8. The van der Waals surface area contributed by atoms with E-state index in [0.29, 0.717) is 0 Å². The molecule has 0 spiro atoms. The van der Waals surface area contributed by atoms with Crippen LogP contribution in [0.5, 0.6) is 0 Å². The summed E-state index contributed by atoms with van der Waals surface area (Å²) in [6.07, 6.45) is 3.18. The molecule has 1 aliphatic heterocycles. The smallest absolute Gasteiger partial charge is 0.243 e. The van der Waals surface area contributed by atoms with Crippen molar-refractivity contribution < 1.29 is 4.52 Å². The number of rotatable bonds is 6. The van der Waals surface area contributed by atoms with Crippen LogP contribution in [0.3, 0.4) is 0 Å². The van der Waals surface area contributed by atoms with E-state index in [4.69, 9.17) is 4.52 Å². The SMILES string of the molecule is CCN(CC)CCc1noc([C@@H]2CCCN2)n1. The zero-order chi connectivity index (χ0) is 12.1. The van der Waals surface area contributed by atoms with Crippen molar-refractivity contribution in [1.29, 1.82) is 0 Å². The number of nitrogens with one attached hydrogen (secondary N) is 1. The average Bonchev–Trinajstić information content (AvgIpc) is 3.01. The quantitative estimate of drug-likeness (QED) is 0.811. The largest absolute Gasteiger partial charge is 0.338 e. The van der Waals surface area contributed by atoms with Gasteiger partial charge in [0, 0.05) is 13.0 Å². The first-order chi connectivity index (χ1) is 8.33. The van der Waals surface area contributed by atoms with E-state index in [0.717, 1.165) is 50.7 Å². The van der Waals surface area contributed by atoms with Gasteiger partial charge in [-0.1, -0.05) is 19.0 Å². The van der Waals surface area contributed by atoms with Gasteiger partial charge < -0.3 is 14.7 Å². The highest BCUT2D eigenvalue weighted by molar-refractivity contribution is 4.95. The summed E-state index contributed by atoms with van der Waals surface area (Å²) < 4.78 is 5.31. The van der Waals surface area contributed by atoms with Gasteiger partial charge in [0.05, 0.1) is 6.04 Å². The Bertz CT molecular complexity index is 329. The van der Waals surface area contributed by atoms with E-state index in [9.17, 15) is 0 Å². The van der Waals surface area contributed by atoms with Gasteiger partial charge in [0.1, 0.15) is 0 Å². The van der Waals surface area contributed by atoms with Gasteiger partial charge in [-0.15, -0.1) is 0 Å². The topological polar surface area (TPSA) is 54.2 Å². The molecule has 1 saturated heterocycles. The van der Waals surface area contributed by atoms with Crippen LogP contribution in [0.1, 0.15) is 44.4 Å². The normalized spacial score (nSPS) is 20.3. The predicted molar refractivity (Wildman–Crippen MR) is 65.8 cm³/mol. The Labute approximate surface area is 103 Å². The Kier molecular flexibility index (Phi) is 4.50. The molecular formula is C12H22N4O. The molecule has 1 aliphatic rings. The molecular weight excluding hydrogens is 216 g/mol. The lowest BCUT2D eigenvalue weighted by Crippen LogP contribution is -2.25. The molecule has 0 saturated carbocycles.